The number of para-hydroxylation sites is 1. The molecule has 0 atom stereocenters. The summed E-state index contributed by atoms with van der Waals surface area (Å²) in [5.74, 6) is 4.87. The van der Waals surface area contributed by atoms with Crippen molar-refractivity contribution in [3.63, 3.8) is 0 Å². The number of thioether (sulfide) groups is 1. The van der Waals surface area contributed by atoms with Crippen LogP contribution in [0, 0.1) is 0 Å². The summed E-state index contributed by atoms with van der Waals surface area (Å²) in [6.07, 6.45) is 0. The van der Waals surface area contributed by atoms with Gasteiger partial charge in [-0.25, -0.2) is 5.84 Å². The van der Waals surface area contributed by atoms with Gasteiger partial charge in [0.2, 0.25) is 11.8 Å². The molecule has 0 bridgehead atoms. The Morgan fingerprint density at radius 2 is 1.75 bits per heavy atom. The third kappa shape index (κ3) is 4.81. The van der Waals surface area contributed by atoms with Crippen molar-refractivity contribution in [2.75, 3.05) is 16.8 Å². The lowest BCUT2D eigenvalue weighted by molar-refractivity contribution is -0.118. The van der Waals surface area contributed by atoms with Crippen LogP contribution in [0.25, 0.3) is 0 Å². The number of nitrogens with two attached hydrogens (primary N) is 1. The van der Waals surface area contributed by atoms with Crippen LogP contribution >= 0.6 is 11.8 Å². The number of nitrogens with one attached hydrogen (secondary N) is 2. The summed E-state index contributed by atoms with van der Waals surface area (Å²) >= 11 is 1.21. The second kappa shape index (κ2) is 6.86. The Balaban J connectivity index is 2.24. The van der Waals surface area contributed by atoms with Crippen LogP contribution in [0.5, 0.6) is 0 Å². The van der Waals surface area contributed by atoms with Crippen molar-refractivity contribution in [3.8, 4) is 0 Å². The van der Waals surface area contributed by atoms with Gasteiger partial charge in [-0.3, -0.25) is 15.0 Å². The van der Waals surface area contributed by atoms with Gasteiger partial charge >= 0.3 is 0 Å². The Hall–Kier alpha value is -1.53. The van der Waals surface area contributed by atoms with Crippen molar-refractivity contribution in [1.82, 2.24) is 5.43 Å². The van der Waals surface area contributed by atoms with E-state index < -0.39 is 0 Å². The molecule has 0 aliphatic rings. The van der Waals surface area contributed by atoms with E-state index in [9.17, 15) is 9.59 Å². The van der Waals surface area contributed by atoms with E-state index in [0.717, 1.165) is 5.69 Å². The quantitative estimate of drug-likeness (QED) is 0.393. The van der Waals surface area contributed by atoms with E-state index >= 15 is 0 Å². The minimum Gasteiger partial charge on any atom is -0.325 e. The van der Waals surface area contributed by atoms with Gasteiger partial charge in [0.15, 0.2) is 0 Å². The first-order valence-corrected chi connectivity index (χ1v) is 5.80. The topological polar surface area (TPSA) is 84.2 Å². The van der Waals surface area contributed by atoms with E-state index in [2.05, 4.69) is 5.32 Å². The Labute approximate surface area is 97.7 Å². The monoisotopic (exact) mass is 239 g/mol. The number of carbonyl (C=O) groups is 2. The van der Waals surface area contributed by atoms with E-state index in [4.69, 9.17) is 5.84 Å². The number of hydrazine groups is 1. The average molecular weight is 239 g/mol. The molecule has 6 heteroatoms. The third-order valence-corrected chi connectivity index (χ3v) is 2.62. The lowest BCUT2D eigenvalue weighted by Crippen LogP contribution is -2.32. The summed E-state index contributed by atoms with van der Waals surface area (Å²) in [7, 11) is 0. The molecule has 0 unspecified atom stereocenters. The Morgan fingerprint density at radius 3 is 2.38 bits per heavy atom. The van der Waals surface area contributed by atoms with Crippen LogP contribution in [0.4, 0.5) is 5.69 Å². The van der Waals surface area contributed by atoms with E-state index in [0.29, 0.717) is 0 Å². The molecule has 1 aromatic rings. The molecule has 16 heavy (non-hydrogen) atoms. The smallest absolute Gasteiger partial charge is 0.243 e. The highest BCUT2D eigenvalue weighted by atomic mass is 32.2. The molecular formula is C10H13N3O2S. The molecule has 0 saturated heterocycles. The van der Waals surface area contributed by atoms with Gasteiger partial charge in [-0.1, -0.05) is 18.2 Å². The second-order valence-corrected chi connectivity index (χ2v) is 3.96. The van der Waals surface area contributed by atoms with E-state index in [1.54, 1.807) is 12.1 Å². The molecule has 1 aromatic carbocycles. The van der Waals surface area contributed by atoms with Crippen LogP contribution in [0.3, 0.4) is 0 Å². The van der Waals surface area contributed by atoms with Crippen LogP contribution in [0.15, 0.2) is 30.3 Å². The number of anilines is 1. The molecule has 0 radical (unpaired) electrons. The van der Waals surface area contributed by atoms with Crippen molar-refractivity contribution >= 4 is 29.3 Å². The highest BCUT2D eigenvalue weighted by Crippen LogP contribution is 2.06. The van der Waals surface area contributed by atoms with Crippen molar-refractivity contribution in [3.05, 3.63) is 30.3 Å². The fourth-order valence-electron chi connectivity index (χ4n) is 0.997. The number of carbonyl (C=O) groups excluding carboxylic acids is 2. The summed E-state index contributed by atoms with van der Waals surface area (Å²) < 4.78 is 0. The summed E-state index contributed by atoms with van der Waals surface area (Å²) in [6.45, 7) is 0. The molecule has 0 aliphatic carbocycles. The molecular weight excluding hydrogens is 226 g/mol. The zero-order chi connectivity index (χ0) is 11.8. The number of benzene rings is 1. The molecule has 5 nitrogen and oxygen atoms in total. The lowest BCUT2D eigenvalue weighted by Gasteiger charge is -2.04. The van der Waals surface area contributed by atoms with E-state index in [-0.39, 0.29) is 23.3 Å². The maximum Gasteiger partial charge on any atom is 0.243 e. The number of hydrogen-bond acceptors (Lipinski definition) is 4. The number of hydrogen-bond donors (Lipinski definition) is 3. The fourth-order valence-corrected chi connectivity index (χ4v) is 1.63. The van der Waals surface area contributed by atoms with Gasteiger partial charge in [0.1, 0.15) is 0 Å². The van der Waals surface area contributed by atoms with Crippen molar-refractivity contribution in [2.45, 2.75) is 0 Å². The minimum atomic E-state index is -0.294. The Bertz CT molecular complexity index is 356. The second-order valence-electron chi connectivity index (χ2n) is 2.97. The van der Waals surface area contributed by atoms with Gasteiger partial charge in [0.05, 0.1) is 11.5 Å². The van der Waals surface area contributed by atoms with Gasteiger partial charge in [-0.15, -0.1) is 11.8 Å². The molecule has 0 aromatic heterocycles. The lowest BCUT2D eigenvalue weighted by atomic mass is 10.3. The molecule has 86 valence electrons. The fraction of sp³-hybridized carbons (Fsp3) is 0.200. The first kappa shape index (κ1) is 12.5. The molecule has 0 saturated carbocycles. The Kier molecular flexibility index (Phi) is 5.38. The van der Waals surface area contributed by atoms with Gasteiger partial charge in [0.25, 0.3) is 0 Å². The summed E-state index contributed by atoms with van der Waals surface area (Å²) in [4.78, 5) is 22.2. The molecule has 4 N–H and O–H groups in total. The number of rotatable bonds is 5. The van der Waals surface area contributed by atoms with Crippen LogP contribution in [-0.2, 0) is 9.59 Å². The molecule has 0 aliphatic heterocycles. The third-order valence-electron chi connectivity index (χ3n) is 1.68. The standard InChI is InChI=1S/C10H13N3O2S/c11-13-10(15)7-16-6-9(14)12-8-4-2-1-3-5-8/h1-5H,6-7,11H2,(H,12,14)(H,13,15). The van der Waals surface area contributed by atoms with E-state index in [1.165, 1.54) is 11.8 Å². The maximum absolute atomic E-state index is 11.4. The van der Waals surface area contributed by atoms with E-state index in [1.807, 2.05) is 23.6 Å². The zero-order valence-corrected chi connectivity index (χ0v) is 9.42. The average Bonchev–Trinajstić information content (AvgIpc) is 2.30. The minimum absolute atomic E-state index is 0.138. The normalized spacial score (nSPS) is 9.56. The Morgan fingerprint density at radius 1 is 1.12 bits per heavy atom. The summed E-state index contributed by atoms with van der Waals surface area (Å²) in [6, 6.07) is 9.15. The van der Waals surface area contributed by atoms with Crippen molar-refractivity contribution in [1.29, 1.82) is 0 Å². The zero-order valence-electron chi connectivity index (χ0n) is 8.60. The number of amides is 2. The molecule has 0 fully saturated rings. The van der Waals surface area contributed by atoms with Crippen LogP contribution in [0.2, 0.25) is 0 Å². The predicted molar refractivity (Wildman–Crippen MR) is 64.7 cm³/mol. The SMILES string of the molecule is NNC(=O)CSCC(=O)Nc1ccccc1. The van der Waals surface area contributed by atoms with Gasteiger partial charge in [-0.2, -0.15) is 0 Å². The van der Waals surface area contributed by atoms with Crippen LogP contribution < -0.4 is 16.6 Å². The largest absolute Gasteiger partial charge is 0.325 e. The van der Waals surface area contributed by atoms with Crippen molar-refractivity contribution in [2.24, 2.45) is 5.84 Å². The van der Waals surface area contributed by atoms with Crippen LogP contribution in [0.1, 0.15) is 0 Å². The maximum atomic E-state index is 11.4. The van der Waals surface area contributed by atoms with Crippen molar-refractivity contribution < 1.29 is 9.59 Å². The van der Waals surface area contributed by atoms with Crippen LogP contribution in [-0.4, -0.2) is 23.3 Å². The molecule has 0 heterocycles. The van der Waals surface area contributed by atoms with Gasteiger partial charge in [-0.05, 0) is 12.1 Å². The highest BCUT2D eigenvalue weighted by molar-refractivity contribution is 8.00. The molecule has 0 spiro atoms. The van der Waals surface area contributed by atoms with Gasteiger partial charge in [0, 0.05) is 5.69 Å². The predicted octanol–water partition coefficient (Wildman–Crippen LogP) is 0.348. The first-order chi connectivity index (χ1) is 7.72. The molecule has 2 amide bonds. The summed E-state index contributed by atoms with van der Waals surface area (Å²) in [5.41, 5.74) is 2.74. The summed E-state index contributed by atoms with van der Waals surface area (Å²) in [5, 5.41) is 2.71. The first-order valence-electron chi connectivity index (χ1n) is 4.64. The van der Waals surface area contributed by atoms with Gasteiger partial charge < -0.3 is 5.32 Å². The highest BCUT2D eigenvalue weighted by Gasteiger charge is 2.04. The molecule has 1 rings (SSSR count).